The molecule has 4 rings (SSSR count). The minimum Gasteiger partial charge on any atom is -0.454 e. The molecule has 31 heavy (non-hydrogen) atoms. The SMILES string of the molecule is CC(C)S(=O)(=O)c1ccc(Cc2nnc(NC(=O)Cc3ccc4c(c3)OCO4)o2)cc1. The summed E-state index contributed by atoms with van der Waals surface area (Å²) in [4.78, 5) is 12.5. The van der Waals surface area contributed by atoms with Crippen molar-refractivity contribution in [1.82, 2.24) is 10.2 Å². The summed E-state index contributed by atoms with van der Waals surface area (Å²) in [5.41, 5.74) is 1.57. The van der Waals surface area contributed by atoms with E-state index < -0.39 is 15.1 Å². The van der Waals surface area contributed by atoms with Crippen LogP contribution in [0.25, 0.3) is 0 Å². The normalized spacial score (nSPS) is 12.9. The molecule has 0 unspecified atom stereocenters. The zero-order valence-electron chi connectivity index (χ0n) is 17.0. The van der Waals surface area contributed by atoms with E-state index in [-0.39, 0.29) is 30.0 Å². The lowest BCUT2D eigenvalue weighted by Crippen LogP contribution is -2.14. The number of rotatable bonds is 7. The van der Waals surface area contributed by atoms with Crippen LogP contribution in [0.5, 0.6) is 11.5 Å². The van der Waals surface area contributed by atoms with Crippen LogP contribution in [0.1, 0.15) is 30.9 Å². The Labute approximate surface area is 179 Å². The van der Waals surface area contributed by atoms with E-state index in [0.717, 1.165) is 11.1 Å². The molecular formula is C21H21N3O6S. The van der Waals surface area contributed by atoms with Crippen LogP contribution in [-0.4, -0.2) is 36.6 Å². The second-order valence-corrected chi connectivity index (χ2v) is 9.83. The van der Waals surface area contributed by atoms with Gasteiger partial charge in [-0.25, -0.2) is 8.42 Å². The van der Waals surface area contributed by atoms with Gasteiger partial charge in [0.25, 0.3) is 0 Å². The molecule has 0 saturated heterocycles. The van der Waals surface area contributed by atoms with Gasteiger partial charge in [0.2, 0.25) is 18.6 Å². The molecule has 1 aliphatic heterocycles. The van der Waals surface area contributed by atoms with Crippen LogP contribution in [0.2, 0.25) is 0 Å². The van der Waals surface area contributed by atoms with Crippen LogP contribution in [0.4, 0.5) is 6.01 Å². The van der Waals surface area contributed by atoms with E-state index >= 15 is 0 Å². The van der Waals surface area contributed by atoms with Crippen molar-refractivity contribution in [2.24, 2.45) is 0 Å². The molecule has 0 radical (unpaired) electrons. The predicted molar refractivity (Wildman–Crippen MR) is 111 cm³/mol. The smallest absolute Gasteiger partial charge is 0.322 e. The van der Waals surface area contributed by atoms with Gasteiger partial charge in [-0.15, -0.1) is 5.10 Å². The van der Waals surface area contributed by atoms with E-state index in [1.807, 2.05) is 0 Å². The van der Waals surface area contributed by atoms with E-state index in [4.69, 9.17) is 13.9 Å². The molecule has 2 aromatic carbocycles. The van der Waals surface area contributed by atoms with Gasteiger partial charge in [-0.3, -0.25) is 10.1 Å². The predicted octanol–water partition coefficient (Wildman–Crippen LogP) is 2.75. The highest BCUT2D eigenvalue weighted by atomic mass is 32.2. The number of ether oxygens (including phenoxy) is 2. The lowest BCUT2D eigenvalue weighted by molar-refractivity contribution is -0.115. The summed E-state index contributed by atoms with van der Waals surface area (Å²) in [7, 11) is -3.32. The van der Waals surface area contributed by atoms with Gasteiger partial charge in [0.05, 0.1) is 23.0 Å². The van der Waals surface area contributed by atoms with E-state index in [1.165, 1.54) is 0 Å². The summed E-state index contributed by atoms with van der Waals surface area (Å²) in [6.45, 7) is 3.46. The summed E-state index contributed by atoms with van der Waals surface area (Å²) in [5, 5.41) is 9.86. The third kappa shape index (κ3) is 4.69. The number of amides is 1. The Balaban J connectivity index is 1.35. The maximum absolute atomic E-state index is 12.3. The highest BCUT2D eigenvalue weighted by Gasteiger charge is 2.19. The van der Waals surface area contributed by atoms with Crippen LogP contribution >= 0.6 is 0 Å². The van der Waals surface area contributed by atoms with Crippen molar-refractivity contribution >= 4 is 21.8 Å². The molecule has 2 heterocycles. The fourth-order valence-electron chi connectivity index (χ4n) is 3.02. The number of fused-ring (bicyclic) bond motifs is 1. The summed E-state index contributed by atoms with van der Waals surface area (Å²) in [6.07, 6.45) is 0.424. The van der Waals surface area contributed by atoms with Crippen molar-refractivity contribution in [1.29, 1.82) is 0 Å². The fraction of sp³-hybridized carbons (Fsp3) is 0.286. The Bertz CT molecular complexity index is 1200. The summed E-state index contributed by atoms with van der Waals surface area (Å²) in [6, 6.07) is 11.8. The van der Waals surface area contributed by atoms with Gasteiger partial charge >= 0.3 is 6.01 Å². The zero-order chi connectivity index (χ0) is 22.0. The molecule has 0 saturated carbocycles. The Hall–Kier alpha value is -3.40. The Kier molecular flexibility index (Phi) is 5.64. The quantitative estimate of drug-likeness (QED) is 0.592. The zero-order valence-corrected chi connectivity index (χ0v) is 17.8. The summed E-state index contributed by atoms with van der Waals surface area (Å²) >= 11 is 0. The van der Waals surface area contributed by atoms with Crippen LogP contribution in [0.3, 0.4) is 0 Å². The second-order valence-electron chi connectivity index (χ2n) is 7.33. The maximum atomic E-state index is 12.3. The van der Waals surface area contributed by atoms with Crippen molar-refractivity contribution in [3.63, 3.8) is 0 Å². The van der Waals surface area contributed by atoms with Crippen LogP contribution < -0.4 is 14.8 Å². The number of nitrogens with one attached hydrogen (secondary N) is 1. The minimum absolute atomic E-state index is 0.000232. The number of nitrogens with zero attached hydrogens (tertiary/aromatic N) is 2. The third-order valence-corrected chi connectivity index (χ3v) is 6.91. The molecular weight excluding hydrogens is 422 g/mol. The van der Waals surface area contributed by atoms with Gasteiger partial charge in [-0.1, -0.05) is 23.3 Å². The van der Waals surface area contributed by atoms with Gasteiger partial charge in [0.1, 0.15) is 0 Å². The first-order chi connectivity index (χ1) is 14.8. The molecule has 1 N–H and O–H groups in total. The highest BCUT2D eigenvalue weighted by Crippen LogP contribution is 2.32. The topological polar surface area (TPSA) is 121 Å². The minimum atomic E-state index is -3.32. The number of sulfone groups is 1. The Morgan fingerprint density at radius 3 is 2.48 bits per heavy atom. The standard InChI is InChI=1S/C21H21N3O6S/c1-13(2)31(26,27)16-6-3-14(4-7-16)11-20-23-24-21(30-20)22-19(25)10-15-5-8-17-18(9-15)29-12-28-17/h3-9,13H,10-12H2,1-2H3,(H,22,24,25). The van der Waals surface area contributed by atoms with Crippen molar-refractivity contribution in [3.05, 3.63) is 59.5 Å². The molecule has 0 spiro atoms. The Morgan fingerprint density at radius 1 is 1.03 bits per heavy atom. The molecule has 1 aliphatic rings. The van der Waals surface area contributed by atoms with Crippen molar-refractivity contribution in [2.45, 2.75) is 36.8 Å². The van der Waals surface area contributed by atoms with Crippen molar-refractivity contribution in [3.8, 4) is 11.5 Å². The van der Waals surface area contributed by atoms with Gasteiger partial charge in [-0.2, -0.15) is 0 Å². The maximum Gasteiger partial charge on any atom is 0.322 e. The lowest BCUT2D eigenvalue weighted by Gasteiger charge is -2.08. The molecule has 0 aliphatic carbocycles. The highest BCUT2D eigenvalue weighted by molar-refractivity contribution is 7.92. The Morgan fingerprint density at radius 2 is 1.74 bits per heavy atom. The molecule has 3 aromatic rings. The molecule has 0 fully saturated rings. The first-order valence-corrected chi connectivity index (χ1v) is 11.2. The number of hydrogen-bond acceptors (Lipinski definition) is 8. The first kappa shape index (κ1) is 20.9. The average molecular weight is 443 g/mol. The lowest BCUT2D eigenvalue weighted by atomic mass is 10.1. The molecule has 1 aromatic heterocycles. The van der Waals surface area contributed by atoms with Gasteiger partial charge in [0, 0.05) is 0 Å². The van der Waals surface area contributed by atoms with Crippen LogP contribution in [0.15, 0.2) is 51.8 Å². The average Bonchev–Trinajstić information content (AvgIpc) is 3.37. The number of carbonyl (C=O) groups is 1. The third-order valence-electron chi connectivity index (χ3n) is 4.74. The van der Waals surface area contributed by atoms with E-state index in [2.05, 4.69) is 15.5 Å². The molecule has 9 nitrogen and oxygen atoms in total. The molecule has 10 heteroatoms. The fourth-order valence-corrected chi connectivity index (χ4v) is 4.08. The summed E-state index contributed by atoms with van der Waals surface area (Å²) in [5.74, 6) is 1.26. The van der Waals surface area contributed by atoms with Crippen LogP contribution in [0, 0.1) is 0 Å². The van der Waals surface area contributed by atoms with Gasteiger partial charge in [-0.05, 0) is 49.2 Å². The molecule has 1 amide bonds. The van der Waals surface area contributed by atoms with E-state index in [0.29, 0.717) is 23.8 Å². The van der Waals surface area contributed by atoms with Gasteiger partial charge < -0.3 is 13.9 Å². The van der Waals surface area contributed by atoms with Crippen molar-refractivity contribution < 1.29 is 27.1 Å². The molecule has 162 valence electrons. The molecule has 0 bridgehead atoms. The van der Waals surface area contributed by atoms with Gasteiger partial charge in [0.15, 0.2) is 21.3 Å². The summed E-state index contributed by atoms with van der Waals surface area (Å²) < 4.78 is 40.4. The van der Waals surface area contributed by atoms with E-state index in [1.54, 1.807) is 56.3 Å². The number of anilines is 1. The number of hydrogen-bond donors (Lipinski definition) is 1. The number of aromatic nitrogens is 2. The number of benzene rings is 2. The van der Waals surface area contributed by atoms with Crippen LogP contribution in [-0.2, 0) is 27.5 Å². The van der Waals surface area contributed by atoms with E-state index in [9.17, 15) is 13.2 Å². The monoisotopic (exact) mass is 443 g/mol. The first-order valence-electron chi connectivity index (χ1n) is 9.65. The molecule has 0 atom stereocenters. The largest absolute Gasteiger partial charge is 0.454 e. The van der Waals surface area contributed by atoms with Crippen molar-refractivity contribution in [2.75, 3.05) is 12.1 Å². The second kappa shape index (κ2) is 8.38. The number of carbonyl (C=O) groups excluding carboxylic acids is 1.